The van der Waals surface area contributed by atoms with Crippen molar-refractivity contribution in [1.82, 2.24) is 29.8 Å². The van der Waals surface area contributed by atoms with E-state index in [0.29, 0.717) is 6.54 Å². The van der Waals surface area contributed by atoms with Crippen LogP contribution < -0.4 is 5.32 Å². The molecule has 1 amide bonds. The lowest BCUT2D eigenvalue weighted by atomic mass is 9.85. The lowest BCUT2D eigenvalue weighted by Gasteiger charge is -2.23. The topological polar surface area (TPSA) is 68.0 Å². The Labute approximate surface area is 160 Å². The number of aromatic nitrogens is 4. The number of fused-ring (bicyclic) bond motifs is 1. The molecule has 1 aliphatic heterocycles. The van der Waals surface area contributed by atoms with Gasteiger partial charge >= 0.3 is 0 Å². The molecule has 3 heterocycles. The third-order valence-electron chi connectivity index (χ3n) is 5.47. The highest BCUT2D eigenvalue weighted by atomic mass is 16.1. The largest absolute Gasteiger partial charge is 0.350 e. The van der Waals surface area contributed by atoms with Crippen LogP contribution >= 0.6 is 0 Å². The molecular weight excluding hydrogens is 340 g/mol. The molecule has 7 heteroatoms. The van der Waals surface area contributed by atoms with E-state index in [4.69, 9.17) is 5.10 Å². The quantitative estimate of drug-likeness (QED) is 0.760. The first-order chi connectivity index (χ1) is 13.2. The maximum absolute atomic E-state index is 12.0. The van der Waals surface area contributed by atoms with Gasteiger partial charge in [-0.05, 0) is 25.3 Å². The van der Waals surface area contributed by atoms with Gasteiger partial charge in [0, 0.05) is 43.9 Å². The predicted molar refractivity (Wildman–Crippen MR) is 103 cm³/mol. The van der Waals surface area contributed by atoms with Crippen LogP contribution in [0.4, 0.5) is 0 Å². The SMILES string of the molecule is C=CCn1cc(CN2CCCn3nc(CNC(=O)C4CCC4)cc3C2)cn1. The van der Waals surface area contributed by atoms with Gasteiger partial charge in [-0.2, -0.15) is 10.2 Å². The van der Waals surface area contributed by atoms with Gasteiger partial charge in [-0.1, -0.05) is 12.5 Å². The maximum atomic E-state index is 12.0. The summed E-state index contributed by atoms with van der Waals surface area (Å²) in [5, 5.41) is 12.1. The van der Waals surface area contributed by atoms with Crippen molar-refractivity contribution in [2.24, 2.45) is 5.92 Å². The summed E-state index contributed by atoms with van der Waals surface area (Å²) in [5.74, 6) is 0.408. The van der Waals surface area contributed by atoms with Crippen LogP contribution in [0.25, 0.3) is 0 Å². The van der Waals surface area contributed by atoms with Crippen LogP contribution in [-0.4, -0.2) is 36.9 Å². The van der Waals surface area contributed by atoms with E-state index in [1.807, 2.05) is 17.0 Å². The van der Waals surface area contributed by atoms with Gasteiger partial charge in [0.15, 0.2) is 0 Å². The highest BCUT2D eigenvalue weighted by molar-refractivity contribution is 5.79. The van der Waals surface area contributed by atoms with Gasteiger partial charge in [0.2, 0.25) is 5.91 Å². The zero-order chi connectivity index (χ0) is 18.6. The summed E-state index contributed by atoms with van der Waals surface area (Å²) in [7, 11) is 0. The summed E-state index contributed by atoms with van der Waals surface area (Å²) in [6, 6.07) is 2.14. The first-order valence-corrected chi connectivity index (χ1v) is 9.89. The van der Waals surface area contributed by atoms with Crippen LogP contribution in [0, 0.1) is 5.92 Å². The van der Waals surface area contributed by atoms with E-state index in [2.05, 4.69) is 38.8 Å². The van der Waals surface area contributed by atoms with Crippen molar-refractivity contribution in [2.45, 2.75) is 58.4 Å². The molecule has 27 heavy (non-hydrogen) atoms. The van der Waals surface area contributed by atoms with E-state index in [1.165, 1.54) is 17.7 Å². The summed E-state index contributed by atoms with van der Waals surface area (Å²) in [5.41, 5.74) is 3.40. The summed E-state index contributed by atoms with van der Waals surface area (Å²) in [4.78, 5) is 14.5. The van der Waals surface area contributed by atoms with Crippen LogP contribution in [0.3, 0.4) is 0 Å². The molecule has 0 bridgehead atoms. The molecule has 0 unspecified atom stereocenters. The van der Waals surface area contributed by atoms with Gasteiger partial charge in [-0.3, -0.25) is 19.1 Å². The van der Waals surface area contributed by atoms with E-state index < -0.39 is 0 Å². The number of nitrogens with zero attached hydrogens (tertiary/aromatic N) is 5. The number of carbonyl (C=O) groups excluding carboxylic acids is 1. The lowest BCUT2D eigenvalue weighted by molar-refractivity contribution is -0.127. The van der Waals surface area contributed by atoms with Gasteiger partial charge in [0.1, 0.15) is 0 Å². The zero-order valence-electron chi connectivity index (χ0n) is 15.8. The second-order valence-corrected chi connectivity index (χ2v) is 7.62. The molecule has 144 valence electrons. The van der Waals surface area contributed by atoms with E-state index in [0.717, 1.165) is 57.7 Å². The third-order valence-corrected chi connectivity index (χ3v) is 5.47. The minimum atomic E-state index is 0.183. The monoisotopic (exact) mass is 368 g/mol. The summed E-state index contributed by atoms with van der Waals surface area (Å²) >= 11 is 0. The van der Waals surface area contributed by atoms with Crippen LogP contribution in [0.1, 0.15) is 42.6 Å². The van der Waals surface area contributed by atoms with Gasteiger partial charge in [0.25, 0.3) is 0 Å². The van der Waals surface area contributed by atoms with E-state index in [1.54, 1.807) is 0 Å². The van der Waals surface area contributed by atoms with Crippen molar-refractivity contribution in [2.75, 3.05) is 6.54 Å². The average Bonchev–Trinajstić information content (AvgIpc) is 3.14. The lowest BCUT2D eigenvalue weighted by Crippen LogP contribution is -2.34. The van der Waals surface area contributed by atoms with Crippen LogP contribution in [0.5, 0.6) is 0 Å². The number of rotatable bonds is 7. The van der Waals surface area contributed by atoms with Crippen molar-refractivity contribution in [3.05, 3.63) is 48.1 Å². The smallest absolute Gasteiger partial charge is 0.223 e. The molecule has 0 aromatic carbocycles. The van der Waals surface area contributed by atoms with Crippen molar-refractivity contribution < 1.29 is 4.79 Å². The van der Waals surface area contributed by atoms with Crippen molar-refractivity contribution >= 4 is 5.91 Å². The molecule has 2 aromatic rings. The first kappa shape index (κ1) is 18.0. The van der Waals surface area contributed by atoms with Gasteiger partial charge < -0.3 is 5.32 Å². The first-order valence-electron chi connectivity index (χ1n) is 9.89. The Morgan fingerprint density at radius 1 is 1.33 bits per heavy atom. The van der Waals surface area contributed by atoms with Crippen molar-refractivity contribution in [1.29, 1.82) is 0 Å². The fourth-order valence-electron chi connectivity index (χ4n) is 3.78. The van der Waals surface area contributed by atoms with Gasteiger partial charge in [0.05, 0.1) is 30.7 Å². The fraction of sp³-hybridized carbons (Fsp3) is 0.550. The van der Waals surface area contributed by atoms with E-state index in [9.17, 15) is 4.79 Å². The summed E-state index contributed by atoms with van der Waals surface area (Å²) < 4.78 is 4.01. The van der Waals surface area contributed by atoms with Crippen LogP contribution in [0.2, 0.25) is 0 Å². The standard InChI is InChI=1S/C20H28N6O/c1-2-7-25-14-16(11-22-25)13-24-8-4-9-26-19(15-24)10-18(23-26)12-21-20(27)17-5-3-6-17/h2,10-11,14,17H,1,3-9,12-13,15H2,(H,21,27). The Hall–Kier alpha value is -2.41. The number of carbonyl (C=O) groups is 1. The Balaban J connectivity index is 1.35. The van der Waals surface area contributed by atoms with Crippen LogP contribution in [-0.2, 0) is 37.5 Å². The molecule has 2 aromatic heterocycles. The minimum absolute atomic E-state index is 0.183. The van der Waals surface area contributed by atoms with Crippen LogP contribution in [0.15, 0.2) is 31.1 Å². The number of allylic oxidation sites excluding steroid dienone is 1. The van der Waals surface area contributed by atoms with Crippen molar-refractivity contribution in [3.8, 4) is 0 Å². The molecule has 1 N–H and O–H groups in total. The zero-order valence-corrected chi connectivity index (χ0v) is 15.8. The number of hydrogen-bond donors (Lipinski definition) is 1. The number of amides is 1. The van der Waals surface area contributed by atoms with E-state index >= 15 is 0 Å². The molecule has 1 aliphatic carbocycles. The molecule has 1 fully saturated rings. The van der Waals surface area contributed by atoms with Gasteiger partial charge in [-0.25, -0.2) is 0 Å². The fourth-order valence-corrected chi connectivity index (χ4v) is 3.78. The highest BCUT2D eigenvalue weighted by Crippen LogP contribution is 2.26. The maximum Gasteiger partial charge on any atom is 0.223 e. The molecule has 0 saturated heterocycles. The Morgan fingerprint density at radius 3 is 3.00 bits per heavy atom. The minimum Gasteiger partial charge on any atom is -0.350 e. The summed E-state index contributed by atoms with van der Waals surface area (Å²) in [6.07, 6.45) is 10.2. The molecule has 0 radical (unpaired) electrons. The number of nitrogens with one attached hydrogen (secondary N) is 1. The average molecular weight is 368 g/mol. The highest BCUT2D eigenvalue weighted by Gasteiger charge is 2.25. The molecule has 0 spiro atoms. The summed E-state index contributed by atoms with van der Waals surface area (Å²) in [6.45, 7) is 8.76. The second-order valence-electron chi connectivity index (χ2n) is 7.62. The Morgan fingerprint density at radius 2 is 2.22 bits per heavy atom. The predicted octanol–water partition coefficient (Wildman–Crippen LogP) is 2.09. The molecule has 1 saturated carbocycles. The molecule has 2 aliphatic rings. The molecule has 0 atom stereocenters. The van der Waals surface area contributed by atoms with Gasteiger partial charge in [-0.15, -0.1) is 6.58 Å². The number of hydrogen-bond acceptors (Lipinski definition) is 4. The van der Waals surface area contributed by atoms with Crippen molar-refractivity contribution in [3.63, 3.8) is 0 Å². The molecule has 7 nitrogen and oxygen atoms in total. The third kappa shape index (κ3) is 4.30. The number of aryl methyl sites for hydroxylation is 1. The Bertz CT molecular complexity index is 803. The normalized spacial score (nSPS) is 17.8. The van der Waals surface area contributed by atoms with E-state index in [-0.39, 0.29) is 11.8 Å². The molecular formula is C20H28N6O. The second kappa shape index (κ2) is 8.08. The Kier molecular flexibility index (Phi) is 5.38. The molecule has 4 rings (SSSR count).